The maximum Gasteiger partial charge on any atom is 0.337 e. The highest BCUT2D eigenvalue weighted by molar-refractivity contribution is 5.96. The summed E-state index contributed by atoms with van der Waals surface area (Å²) in [5, 5.41) is 4.30. The molecule has 0 aliphatic heterocycles. The highest BCUT2D eigenvalue weighted by Crippen LogP contribution is 2.23. The molecule has 0 atom stereocenters. The van der Waals surface area contributed by atoms with Gasteiger partial charge in [0.15, 0.2) is 0 Å². The van der Waals surface area contributed by atoms with Crippen molar-refractivity contribution in [3.63, 3.8) is 0 Å². The first-order valence-corrected chi connectivity index (χ1v) is 10.2. The van der Waals surface area contributed by atoms with Crippen LogP contribution in [0.25, 0.3) is 16.7 Å². The molecule has 0 radical (unpaired) electrons. The van der Waals surface area contributed by atoms with E-state index in [1.807, 2.05) is 48.7 Å². The molecule has 0 unspecified atom stereocenters. The zero-order chi connectivity index (χ0) is 23.5. The number of hydrogen-bond acceptors (Lipinski definition) is 7. The minimum atomic E-state index is -0.540. The smallest absolute Gasteiger partial charge is 0.337 e. The number of methoxy groups -OCH3 is 2. The standard InChI is InChI=1S/C24H23N5O4/c1-14-9-18(13-25-28-24-26-20-7-5-6-8-21(20)27-24)15(2)29(14)19-11-16(22(30)32-3)10-17(12-19)23(31)33-4/h5-13H,1-4H3,(H2,26,27,28)/b25-13-. The fourth-order valence-electron chi connectivity index (χ4n) is 3.70. The van der Waals surface area contributed by atoms with Gasteiger partial charge in [-0.25, -0.2) is 20.0 Å². The Morgan fingerprint density at radius 2 is 1.70 bits per heavy atom. The molecule has 4 rings (SSSR count). The van der Waals surface area contributed by atoms with Crippen LogP contribution >= 0.6 is 0 Å². The van der Waals surface area contributed by atoms with E-state index in [2.05, 4.69) is 20.5 Å². The average molecular weight is 445 g/mol. The molecule has 0 spiro atoms. The molecule has 9 heteroatoms. The van der Waals surface area contributed by atoms with Gasteiger partial charge in [0.1, 0.15) is 0 Å². The number of imidazole rings is 1. The van der Waals surface area contributed by atoms with Crippen LogP contribution in [0.1, 0.15) is 37.7 Å². The second kappa shape index (κ2) is 8.99. The first-order chi connectivity index (χ1) is 15.9. The molecule has 168 valence electrons. The van der Waals surface area contributed by atoms with Crippen LogP contribution in [0.2, 0.25) is 0 Å². The minimum Gasteiger partial charge on any atom is -0.465 e. The molecule has 2 aromatic heterocycles. The Hall–Kier alpha value is -4.40. The first kappa shape index (κ1) is 21.8. The van der Waals surface area contributed by atoms with Crippen molar-refractivity contribution in [2.45, 2.75) is 13.8 Å². The van der Waals surface area contributed by atoms with Crippen LogP contribution in [0.5, 0.6) is 0 Å². The minimum absolute atomic E-state index is 0.254. The summed E-state index contributed by atoms with van der Waals surface area (Å²) in [7, 11) is 2.59. The van der Waals surface area contributed by atoms with E-state index in [1.165, 1.54) is 20.3 Å². The van der Waals surface area contributed by atoms with Crippen molar-refractivity contribution in [1.29, 1.82) is 0 Å². The number of hydrogen-bond donors (Lipinski definition) is 2. The molecule has 9 nitrogen and oxygen atoms in total. The Morgan fingerprint density at radius 1 is 1.03 bits per heavy atom. The van der Waals surface area contributed by atoms with Crippen LogP contribution in [0, 0.1) is 13.8 Å². The molecule has 4 aromatic rings. The summed E-state index contributed by atoms with van der Waals surface area (Å²) in [6.07, 6.45) is 1.69. The molecule has 0 aliphatic carbocycles. The monoisotopic (exact) mass is 445 g/mol. The fraction of sp³-hybridized carbons (Fsp3) is 0.167. The van der Waals surface area contributed by atoms with Gasteiger partial charge in [-0.15, -0.1) is 0 Å². The lowest BCUT2D eigenvalue weighted by Gasteiger charge is -2.13. The second-order valence-electron chi connectivity index (χ2n) is 7.39. The largest absolute Gasteiger partial charge is 0.465 e. The number of nitrogens with one attached hydrogen (secondary N) is 2. The Morgan fingerprint density at radius 3 is 2.33 bits per heavy atom. The van der Waals surface area contributed by atoms with Gasteiger partial charge >= 0.3 is 11.9 Å². The Kier molecular flexibility index (Phi) is 5.95. The first-order valence-electron chi connectivity index (χ1n) is 10.2. The molecule has 33 heavy (non-hydrogen) atoms. The number of H-pyrrole nitrogens is 1. The summed E-state index contributed by atoms with van der Waals surface area (Å²) >= 11 is 0. The number of para-hydroxylation sites is 2. The van der Waals surface area contributed by atoms with E-state index in [0.717, 1.165) is 28.0 Å². The number of ether oxygens (including phenoxy) is 2. The van der Waals surface area contributed by atoms with Crippen molar-refractivity contribution >= 4 is 35.1 Å². The topological polar surface area (TPSA) is 111 Å². The molecule has 0 saturated heterocycles. The van der Waals surface area contributed by atoms with Gasteiger partial charge in [-0.2, -0.15) is 5.10 Å². The van der Waals surface area contributed by atoms with Crippen LogP contribution in [0.4, 0.5) is 5.95 Å². The molecule has 2 aromatic carbocycles. The highest BCUT2D eigenvalue weighted by Gasteiger charge is 2.17. The summed E-state index contributed by atoms with van der Waals surface area (Å²) in [6, 6.07) is 14.5. The zero-order valence-electron chi connectivity index (χ0n) is 18.7. The van der Waals surface area contributed by atoms with Gasteiger partial charge in [-0.05, 0) is 50.2 Å². The SMILES string of the molecule is COC(=O)c1cc(C(=O)OC)cc(-n2c(C)cc(/C=N\Nc3nc4ccccc4[nH]3)c2C)c1. The van der Waals surface area contributed by atoms with Crippen molar-refractivity contribution in [3.8, 4) is 5.69 Å². The molecule has 0 fully saturated rings. The molecular formula is C24H23N5O4. The summed E-state index contributed by atoms with van der Waals surface area (Å²) in [5.74, 6) is -0.544. The number of aromatic nitrogens is 3. The zero-order valence-corrected chi connectivity index (χ0v) is 18.7. The number of aromatic amines is 1. The van der Waals surface area contributed by atoms with Gasteiger partial charge in [-0.1, -0.05) is 12.1 Å². The number of benzene rings is 2. The Balaban J connectivity index is 1.66. The van der Waals surface area contributed by atoms with Gasteiger partial charge in [-0.3, -0.25) is 0 Å². The summed E-state index contributed by atoms with van der Waals surface area (Å²) in [6.45, 7) is 3.86. The predicted molar refractivity (Wildman–Crippen MR) is 125 cm³/mol. The van der Waals surface area contributed by atoms with E-state index < -0.39 is 11.9 Å². The third-order valence-electron chi connectivity index (χ3n) is 5.25. The van der Waals surface area contributed by atoms with Gasteiger partial charge in [0, 0.05) is 22.6 Å². The number of esters is 2. The number of carbonyl (C=O) groups is 2. The fourth-order valence-corrected chi connectivity index (χ4v) is 3.70. The van der Waals surface area contributed by atoms with Crippen molar-refractivity contribution in [2.24, 2.45) is 5.10 Å². The molecule has 0 bridgehead atoms. The van der Waals surface area contributed by atoms with E-state index in [0.29, 0.717) is 11.6 Å². The van der Waals surface area contributed by atoms with E-state index >= 15 is 0 Å². The van der Waals surface area contributed by atoms with E-state index in [1.54, 1.807) is 18.3 Å². The summed E-state index contributed by atoms with van der Waals surface area (Å²) in [5.41, 5.74) is 8.46. The van der Waals surface area contributed by atoms with Crippen molar-refractivity contribution in [2.75, 3.05) is 19.6 Å². The van der Waals surface area contributed by atoms with Gasteiger partial charge in [0.25, 0.3) is 0 Å². The Bertz CT molecular complexity index is 1320. The summed E-state index contributed by atoms with van der Waals surface area (Å²) < 4.78 is 11.6. The third-order valence-corrected chi connectivity index (χ3v) is 5.25. The lowest BCUT2D eigenvalue weighted by atomic mass is 10.1. The van der Waals surface area contributed by atoms with Crippen LogP contribution in [-0.2, 0) is 9.47 Å². The molecule has 2 N–H and O–H groups in total. The number of hydrazone groups is 1. The van der Waals surface area contributed by atoms with E-state index in [9.17, 15) is 9.59 Å². The van der Waals surface area contributed by atoms with Crippen molar-refractivity contribution < 1.29 is 19.1 Å². The van der Waals surface area contributed by atoms with Gasteiger partial charge < -0.3 is 19.0 Å². The summed E-state index contributed by atoms with van der Waals surface area (Å²) in [4.78, 5) is 31.9. The predicted octanol–water partition coefficient (Wildman–Crippen LogP) is 3.99. The number of rotatable bonds is 6. The number of carbonyl (C=O) groups excluding carboxylic acids is 2. The quantitative estimate of drug-likeness (QED) is 0.264. The lowest BCUT2D eigenvalue weighted by Crippen LogP contribution is -2.10. The van der Waals surface area contributed by atoms with Crippen LogP contribution in [0.15, 0.2) is 53.6 Å². The Labute approximate surface area is 190 Å². The van der Waals surface area contributed by atoms with Crippen LogP contribution < -0.4 is 5.43 Å². The maximum absolute atomic E-state index is 12.2. The van der Waals surface area contributed by atoms with E-state index in [4.69, 9.17) is 9.47 Å². The third kappa shape index (κ3) is 4.33. The van der Waals surface area contributed by atoms with E-state index in [-0.39, 0.29) is 11.1 Å². The molecular weight excluding hydrogens is 422 g/mol. The lowest BCUT2D eigenvalue weighted by molar-refractivity contribution is 0.0599. The van der Waals surface area contributed by atoms with Gasteiger partial charge in [0.05, 0.1) is 42.6 Å². The second-order valence-corrected chi connectivity index (χ2v) is 7.39. The molecule has 0 aliphatic rings. The molecule has 0 amide bonds. The maximum atomic E-state index is 12.2. The van der Waals surface area contributed by atoms with Crippen molar-refractivity contribution in [1.82, 2.24) is 14.5 Å². The van der Waals surface area contributed by atoms with Crippen LogP contribution in [-0.4, -0.2) is 46.9 Å². The highest BCUT2D eigenvalue weighted by atomic mass is 16.5. The number of aryl methyl sites for hydroxylation is 1. The molecule has 2 heterocycles. The normalized spacial score (nSPS) is 11.2. The number of fused-ring (bicyclic) bond motifs is 1. The van der Waals surface area contributed by atoms with Crippen molar-refractivity contribution in [3.05, 3.63) is 76.6 Å². The number of anilines is 1. The average Bonchev–Trinajstić information content (AvgIpc) is 3.37. The molecule has 0 saturated carbocycles. The van der Waals surface area contributed by atoms with Gasteiger partial charge in [0.2, 0.25) is 5.95 Å². The number of nitrogens with zero attached hydrogens (tertiary/aromatic N) is 3. The van der Waals surface area contributed by atoms with Crippen LogP contribution in [0.3, 0.4) is 0 Å².